The van der Waals surface area contributed by atoms with Gasteiger partial charge in [0.15, 0.2) is 0 Å². The van der Waals surface area contributed by atoms with Crippen LogP contribution in [0.15, 0.2) is 41.4 Å². The molecular weight excluding hydrogens is 443 g/mol. The van der Waals surface area contributed by atoms with E-state index < -0.39 is 28.3 Å². The molecule has 2 heterocycles. The average molecular weight is 469 g/mol. The fourth-order valence-corrected chi connectivity index (χ4v) is 4.52. The number of ether oxygens (including phenoxy) is 1. The van der Waals surface area contributed by atoms with Crippen LogP contribution in [0.5, 0.6) is 5.75 Å². The highest BCUT2D eigenvalue weighted by Crippen LogP contribution is 2.38. The summed E-state index contributed by atoms with van der Waals surface area (Å²) in [6, 6.07) is 7.76. The first-order valence-electron chi connectivity index (χ1n) is 9.73. The van der Waals surface area contributed by atoms with Crippen molar-refractivity contribution < 1.29 is 27.6 Å². The molecule has 3 rings (SSSR count). The van der Waals surface area contributed by atoms with Crippen LogP contribution in [0, 0.1) is 0 Å². The molecule has 0 aliphatic carbocycles. The molecule has 1 aromatic heterocycles. The number of pyridine rings is 1. The first-order valence-corrected chi connectivity index (χ1v) is 11.6. The number of aromatic nitrogens is 1. The molecular formula is C20H26BClN2O6S. The molecule has 0 spiro atoms. The highest BCUT2D eigenvalue weighted by Gasteiger charge is 2.52. The lowest BCUT2D eigenvalue weighted by Gasteiger charge is -2.32. The van der Waals surface area contributed by atoms with Gasteiger partial charge in [0.25, 0.3) is 10.0 Å². The molecule has 1 aliphatic heterocycles. The molecule has 0 unspecified atom stereocenters. The van der Waals surface area contributed by atoms with Gasteiger partial charge < -0.3 is 19.2 Å². The Morgan fingerprint density at radius 3 is 2.39 bits per heavy atom. The second-order valence-electron chi connectivity index (χ2n) is 8.14. The van der Waals surface area contributed by atoms with Crippen LogP contribution >= 0.6 is 11.6 Å². The van der Waals surface area contributed by atoms with Gasteiger partial charge >= 0.3 is 7.12 Å². The number of rotatable bonds is 7. The van der Waals surface area contributed by atoms with Crippen molar-refractivity contribution in [1.82, 2.24) is 4.98 Å². The van der Waals surface area contributed by atoms with Crippen LogP contribution in [0.3, 0.4) is 0 Å². The van der Waals surface area contributed by atoms with Crippen molar-refractivity contribution in [2.75, 3.05) is 24.6 Å². The number of sulfonamides is 1. The summed E-state index contributed by atoms with van der Waals surface area (Å²) in [7, 11) is -3.55. The Morgan fingerprint density at radius 1 is 1.19 bits per heavy atom. The summed E-state index contributed by atoms with van der Waals surface area (Å²) < 4.78 is 45.6. The molecule has 1 aliphatic rings. The second-order valence-corrected chi connectivity index (χ2v) is 10.5. The molecule has 0 amide bonds. The van der Waals surface area contributed by atoms with Crippen molar-refractivity contribution in [2.24, 2.45) is 0 Å². The van der Waals surface area contributed by atoms with Crippen molar-refractivity contribution in [3.8, 4) is 5.75 Å². The number of hydrogen-bond acceptors (Lipinski definition) is 7. The Morgan fingerprint density at radius 2 is 1.84 bits per heavy atom. The summed E-state index contributed by atoms with van der Waals surface area (Å²) in [6.45, 7) is 7.20. The van der Waals surface area contributed by atoms with E-state index in [0.29, 0.717) is 5.46 Å². The highest BCUT2D eigenvalue weighted by molar-refractivity contribution is 7.92. The molecule has 2 aromatic rings. The zero-order valence-electron chi connectivity index (χ0n) is 18.1. The van der Waals surface area contributed by atoms with Gasteiger partial charge in [-0.05, 0) is 52.0 Å². The van der Waals surface area contributed by atoms with E-state index in [-0.39, 0.29) is 34.7 Å². The second kappa shape index (κ2) is 8.59. The number of aliphatic hydroxyl groups is 1. The summed E-state index contributed by atoms with van der Waals surface area (Å²) in [5.41, 5.74) is -0.891. The highest BCUT2D eigenvalue weighted by atomic mass is 35.5. The van der Waals surface area contributed by atoms with E-state index in [2.05, 4.69) is 4.98 Å². The maximum absolute atomic E-state index is 13.5. The Labute approximate surface area is 188 Å². The standard InChI is InChI=1S/C20H26BClN2O6S/c1-19(2)20(3,4)30-21(29-19)14-12-17(16(13-15(14)22)28-11-10-25)31(26,27)24(5)18-8-6-7-9-23-18/h6-9,12-13,25H,10-11H2,1-5H3. The third-order valence-corrected chi connectivity index (χ3v) is 7.64. The molecule has 11 heteroatoms. The van der Waals surface area contributed by atoms with Crippen LogP contribution in [0.2, 0.25) is 5.02 Å². The molecule has 0 bridgehead atoms. The minimum absolute atomic E-state index is 0.0158. The van der Waals surface area contributed by atoms with E-state index in [1.807, 2.05) is 27.7 Å². The molecule has 0 atom stereocenters. The fourth-order valence-electron chi connectivity index (χ4n) is 2.98. The Kier molecular flexibility index (Phi) is 6.60. The van der Waals surface area contributed by atoms with Crippen LogP contribution in [-0.2, 0) is 19.3 Å². The monoisotopic (exact) mass is 468 g/mol. The topological polar surface area (TPSA) is 98.2 Å². The van der Waals surface area contributed by atoms with E-state index in [0.717, 1.165) is 4.31 Å². The van der Waals surface area contributed by atoms with Gasteiger partial charge in [0.2, 0.25) is 0 Å². The molecule has 1 N–H and O–H groups in total. The molecule has 31 heavy (non-hydrogen) atoms. The lowest BCUT2D eigenvalue weighted by Crippen LogP contribution is -2.41. The number of halogens is 1. The van der Waals surface area contributed by atoms with E-state index in [9.17, 15) is 8.42 Å². The van der Waals surface area contributed by atoms with E-state index >= 15 is 0 Å². The van der Waals surface area contributed by atoms with E-state index in [1.165, 1.54) is 25.4 Å². The number of anilines is 1. The minimum Gasteiger partial charge on any atom is -0.490 e. The Balaban J connectivity index is 2.11. The van der Waals surface area contributed by atoms with Gasteiger partial charge in [0.05, 0.1) is 17.8 Å². The van der Waals surface area contributed by atoms with E-state index in [4.69, 9.17) is 30.8 Å². The van der Waals surface area contributed by atoms with Crippen molar-refractivity contribution in [3.05, 3.63) is 41.6 Å². The van der Waals surface area contributed by atoms with Gasteiger partial charge in [0, 0.05) is 23.7 Å². The summed E-state index contributed by atoms with van der Waals surface area (Å²) in [5.74, 6) is 0.254. The van der Waals surface area contributed by atoms with Crippen LogP contribution in [0.4, 0.5) is 5.82 Å². The molecule has 1 saturated heterocycles. The van der Waals surface area contributed by atoms with Crippen LogP contribution in [-0.4, -0.2) is 57.1 Å². The van der Waals surface area contributed by atoms with Gasteiger partial charge in [0.1, 0.15) is 23.1 Å². The van der Waals surface area contributed by atoms with Gasteiger partial charge in [-0.2, -0.15) is 0 Å². The Hall–Kier alpha value is -1.85. The lowest BCUT2D eigenvalue weighted by molar-refractivity contribution is 0.00578. The van der Waals surface area contributed by atoms with Gasteiger partial charge in [-0.1, -0.05) is 17.7 Å². The Bertz CT molecular complexity index is 1030. The molecule has 168 valence electrons. The summed E-state index contributed by atoms with van der Waals surface area (Å²) in [5, 5.41) is 9.38. The molecule has 1 aromatic carbocycles. The van der Waals surface area contributed by atoms with Crippen LogP contribution in [0.25, 0.3) is 0 Å². The lowest BCUT2D eigenvalue weighted by atomic mass is 9.79. The molecule has 8 nitrogen and oxygen atoms in total. The van der Waals surface area contributed by atoms with Crippen molar-refractivity contribution in [2.45, 2.75) is 43.8 Å². The average Bonchev–Trinajstić information content (AvgIpc) is 2.93. The van der Waals surface area contributed by atoms with Crippen LogP contribution < -0.4 is 14.5 Å². The summed E-state index contributed by atoms with van der Waals surface area (Å²) in [6.07, 6.45) is 1.50. The van der Waals surface area contributed by atoms with Crippen molar-refractivity contribution >= 4 is 40.0 Å². The predicted molar refractivity (Wildman–Crippen MR) is 120 cm³/mol. The third-order valence-electron chi connectivity index (χ3n) is 5.53. The first kappa shape index (κ1) is 23.8. The van der Waals surface area contributed by atoms with Gasteiger partial charge in [-0.25, -0.2) is 13.4 Å². The quantitative estimate of drug-likeness (QED) is 0.622. The SMILES string of the molecule is CN(c1ccccn1)S(=O)(=O)c1cc(B2OC(C)(C)C(C)(C)O2)c(Cl)cc1OCCO. The number of hydrogen-bond donors (Lipinski definition) is 1. The number of nitrogens with zero attached hydrogens (tertiary/aromatic N) is 2. The summed E-state index contributed by atoms with van der Waals surface area (Å²) >= 11 is 6.47. The van der Waals surface area contributed by atoms with Crippen molar-refractivity contribution in [3.63, 3.8) is 0 Å². The largest absolute Gasteiger partial charge is 0.496 e. The van der Waals surface area contributed by atoms with Gasteiger partial charge in [-0.3, -0.25) is 4.31 Å². The third kappa shape index (κ3) is 4.54. The number of benzene rings is 1. The number of aliphatic hydroxyl groups excluding tert-OH is 1. The fraction of sp³-hybridized carbons (Fsp3) is 0.450. The minimum atomic E-state index is -4.08. The molecule has 0 saturated carbocycles. The predicted octanol–water partition coefficient (Wildman–Crippen LogP) is 2.23. The van der Waals surface area contributed by atoms with Crippen LogP contribution in [0.1, 0.15) is 27.7 Å². The zero-order valence-corrected chi connectivity index (χ0v) is 19.7. The smallest absolute Gasteiger partial charge is 0.490 e. The first-order chi connectivity index (χ1) is 14.4. The van der Waals surface area contributed by atoms with Gasteiger partial charge in [-0.15, -0.1) is 0 Å². The summed E-state index contributed by atoms with van der Waals surface area (Å²) in [4.78, 5) is 3.97. The van der Waals surface area contributed by atoms with Crippen molar-refractivity contribution in [1.29, 1.82) is 0 Å². The van der Waals surface area contributed by atoms with E-state index in [1.54, 1.807) is 18.2 Å². The maximum atomic E-state index is 13.5. The zero-order chi connectivity index (χ0) is 23.0. The normalized spacial score (nSPS) is 17.6. The maximum Gasteiger partial charge on any atom is 0.496 e. The molecule has 1 fully saturated rings. The molecule has 0 radical (unpaired) electrons.